The van der Waals surface area contributed by atoms with Crippen LogP contribution in [0.25, 0.3) is 0 Å². The van der Waals surface area contributed by atoms with Crippen molar-refractivity contribution in [2.24, 2.45) is 5.73 Å². The van der Waals surface area contributed by atoms with Gasteiger partial charge in [0.1, 0.15) is 0 Å². The smallest absolute Gasteiger partial charge is 0.288 e. The lowest BCUT2D eigenvalue weighted by atomic mass is 9.94. The van der Waals surface area contributed by atoms with Gasteiger partial charge < -0.3 is 11.1 Å². The molecule has 3 N–H and O–H groups in total. The van der Waals surface area contributed by atoms with E-state index in [1.54, 1.807) is 0 Å². The van der Waals surface area contributed by atoms with Gasteiger partial charge in [-0.3, -0.25) is 4.79 Å². The predicted octanol–water partition coefficient (Wildman–Crippen LogP) is 3.67. The SMILES string of the molecule is CCC(N)(CC)CNC(=O)c1ccc(SC(F)F)cc1.Cl. The van der Waals surface area contributed by atoms with E-state index in [1.807, 2.05) is 13.8 Å². The van der Waals surface area contributed by atoms with Crippen molar-refractivity contribution in [3.05, 3.63) is 29.8 Å². The first-order valence-corrected chi connectivity index (χ1v) is 7.40. The molecule has 0 unspecified atom stereocenters. The zero-order valence-electron chi connectivity index (χ0n) is 12.1. The van der Waals surface area contributed by atoms with E-state index in [2.05, 4.69) is 5.32 Å². The number of rotatable bonds is 7. The summed E-state index contributed by atoms with van der Waals surface area (Å²) in [5, 5.41) is 2.78. The Balaban J connectivity index is 0.00000400. The summed E-state index contributed by atoms with van der Waals surface area (Å²) >= 11 is 0.459. The number of amides is 1. The van der Waals surface area contributed by atoms with Crippen LogP contribution in [0.3, 0.4) is 0 Å². The molecule has 0 aliphatic carbocycles. The van der Waals surface area contributed by atoms with Crippen LogP contribution in [0.1, 0.15) is 37.0 Å². The van der Waals surface area contributed by atoms with Gasteiger partial charge in [0.2, 0.25) is 0 Å². The molecule has 0 heterocycles. The number of nitrogens with two attached hydrogens (primary N) is 1. The van der Waals surface area contributed by atoms with Crippen molar-refractivity contribution in [3.8, 4) is 0 Å². The first-order valence-electron chi connectivity index (χ1n) is 6.52. The number of halogens is 3. The number of alkyl halides is 2. The van der Waals surface area contributed by atoms with Crippen molar-refractivity contribution >= 4 is 30.1 Å². The third-order valence-electron chi connectivity index (χ3n) is 3.35. The average molecular weight is 339 g/mol. The Morgan fingerprint density at radius 3 is 2.24 bits per heavy atom. The standard InChI is InChI=1S/C14H20F2N2OS.ClH/c1-3-14(17,4-2)9-18-12(19)10-5-7-11(8-6-10)20-13(15)16;/h5-8,13H,3-4,9,17H2,1-2H3,(H,18,19);1H. The Morgan fingerprint density at radius 1 is 1.29 bits per heavy atom. The number of nitrogens with one attached hydrogen (secondary N) is 1. The molecule has 0 saturated carbocycles. The van der Waals surface area contributed by atoms with E-state index in [9.17, 15) is 13.6 Å². The quantitative estimate of drug-likeness (QED) is 0.746. The zero-order chi connectivity index (χ0) is 15.2. The summed E-state index contributed by atoms with van der Waals surface area (Å²) in [5.41, 5.74) is 6.14. The molecular weight excluding hydrogens is 318 g/mol. The monoisotopic (exact) mass is 338 g/mol. The van der Waals surface area contributed by atoms with Gasteiger partial charge in [0, 0.05) is 22.5 Å². The maximum atomic E-state index is 12.2. The number of carbonyl (C=O) groups is 1. The van der Waals surface area contributed by atoms with Crippen molar-refractivity contribution in [1.82, 2.24) is 5.32 Å². The number of thioether (sulfide) groups is 1. The molecular formula is C14H21ClF2N2OS. The van der Waals surface area contributed by atoms with Crippen LogP contribution >= 0.6 is 24.2 Å². The molecule has 0 radical (unpaired) electrons. The zero-order valence-corrected chi connectivity index (χ0v) is 13.7. The highest BCUT2D eigenvalue weighted by molar-refractivity contribution is 7.99. The number of carbonyl (C=O) groups excluding carboxylic acids is 1. The molecule has 0 atom stereocenters. The van der Waals surface area contributed by atoms with Gasteiger partial charge in [0.05, 0.1) is 0 Å². The molecule has 1 aromatic carbocycles. The summed E-state index contributed by atoms with van der Waals surface area (Å²) in [6, 6.07) is 6.11. The van der Waals surface area contributed by atoms with Crippen molar-refractivity contribution in [2.75, 3.05) is 6.54 Å². The Bertz CT molecular complexity index is 439. The van der Waals surface area contributed by atoms with Crippen molar-refractivity contribution < 1.29 is 13.6 Å². The highest BCUT2D eigenvalue weighted by Crippen LogP contribution is 2.25. The van der Waals surface area contributed by atoms with Crippen LogP contribution in [0.2, 0.25) is 0 Å². The van der Waals surface area contributed by atoms with E-state index in [0.29, 0.717) is 28.8 Å². The fraction of sp³-hybridized carbons (Fsp3) is 0.500. The van der Waals surface area contributed by atoms with E-state index in [0.717, 1.165) is 12.8 Å². The molecule has 0 aliphatic rings. The average Bonchev–Trinajstić information content (AvgIpc) is 2.44. The lowest BCUT2D eigenvalue weighted by Crippen LogP contribution is -2.49. The summed E-state index contributed by atoms with van der Waals surface area (Å²) in [5.74, 6) is -2.70. The van der Waals surface area contributed by atoms with Gasteiger partial charge in [0.15, 0.2) is 0 Å². The van der Waals surface area contributed by atoms with Crippen LogP contribution in [0.4, 0.5) is 8.78 Å². The summed E-state index contributed by atoms with van der Waals surface area (Å²) in [4.78, 5) is 12.4. The molecule has 120 valence electrons. The number of benzene rings is 1. The van der Waals surface area contributed by atoms with Crippen molar-refractivity contribution in [2.45, 2.75) is 42.9 Å². The van der Waals surface area contributed by atoms with E-state index < -0.39 is 11.3 Å². The van der Waals surface area contributed by atoms with E-state index in [4.69, 9.17) is 5.73 Å². The molecule has 1 amide bonds. The molecule has 0 spiro atoms. The second-order valence-corrected chi connectivity index (χ2v) is 5.72. The Hall–Kier alpha value is -0.850. The molecule has 0 fully saturated rings. The van der Waals surface area contributed by atoms with Crippen LogP contribution in [0.5, 0.6) is 0 Å². The Morgan fingerprint density at radius 2 is 1.81 bits per heavy atom. The Kier molecular flexibility index (Phi) is 8.85. The van der Waals surface area contributed by atoms with Crippen LogP contribution in [0.15, 0.2) is 29.2 Å². The highest BCUT2D eigenvalue weighted by Gasteiger charge is 2.21. The molecule has 0 saturated heterocycles. The predicted molar refractivity (Wildman–Crippen MR) is 85.4 cm³/mol. The van der Waals surface area contributed by atoms with E-state index >= 15 is 0 Å². The third-order valence-corrected chi connectivity index (χ3v) is 4.07. The lowest BCUT2D eigenvalue weighted by Gasteiger charge is -2.26. The summed E-state index contributed by atoms with van der Waals surface area (Å²) in [6.45, 7) is 4.35. The molecule has 3 nitrogen and oxygen atoms in total. The summed E-state index contributed by atoms with van der Waals surface area (Å²) < 4.78 is 24.4. The molecule has 0 aromatic heterocycles. The maximum Gasteiger partial charge on any atom is 0.288 e. The van der Waals surface area contributed by atoms with Gasteiger partial charge in [-0.15, -0.1) is 12.4 Å². The minimum Gasteiger partial charge on any atom is -0.350 e. The number of hydrogen-bond donors (Lipinski definition) is 2. The molecule has 1 rings (SSSR count). The van der Waals surface area contributed by atoms with Crippen LogP contribution in [-0.4, -0.2) is 23.7 Å². The summed E-state index contributed by atoms with van der Waals surface area (Å²) in [6.07, 6.45) is 1.54. The van der Waals surface area contributed by atoms with Crippen LogP contribution < -0.4 is 11.1 Å². The Labute approximate surface area is 134 Å². The van der Waals surface area contributed by atoms with Gasteiger partial charge in [-0.05, 0) is 37.1 Å². The molecule has 0 bridgehead atoms. The normalized spacial score (nSPS) is 11.1. The topological polar surface area (TPSA) is 55.1 Å². The van der Waals surface area contributed by atoms with Crippen LogP contribution in [0, 0.1) is 0 Å². The van der Waals surface area contributed by atoms with Crippen LogP contribution in [-0.2, 0) is 0 Å². The molecule has 7 heteroatoms. The van der Waals surface area contributed by atoms with Gasteiger partial charge in [0.25, 0.3) is 11.7 Å². The first kappa shape index (κ1) is 20.1. The van der Waals surface area contributed by atoms with Gasteiger partial charge in [-0.25, -0.2) is 0 Å². The minimum atomic E-state index is -2.46. The van der Waals surface area contributed by atoms with E-state index in [-0.39, 0.29) is 18.3 Å². The lowest BCUT2D eigenvalue weighted by molar-refractivity contribution is 0.0942. The molecule has 1 aromatic rings. The second kappa shape index (κ2) is 9.23. The number of hydrogen-bond acceptors (Lipinski definition) is 3. The fourth-order valence-electron chi connectivity index (χ4n) is 1.65. The molecule has 21 heavy (non-hydrogen) atoms. The van der Waals surface area contributed by atoms with Gasteiger partial charge >= 0.3 is 0 Å². The third kappa shape index (κ3) is 6.63. The fourth-order valence-corrected chi connectivity index (χ4v) is 2.15. The van der Waals surface area contributed by atoms with Gasteiger partial charge in [-0.2, -0.15) is 8.78 Å². The maximum absolute atomic E-state index is 12.2. The molecule has 0 aliphatic heterocycles. The first-order chi connectivity index (χ1) is 9.40. The highest BCUT2D eigenvalue weighted by atomic mass is 35.5. The minimum absolute atomic E-state index is 0. The van der Waals surface area contributed by atoms with Crippen molar-refractivity contribution in [3.63, 3.8) is 0 Å². The van der Waals surface area contributed by atoms with E-state index in [1.165, 1.54) is 24.3 Å². The van der Waals surface area contributed by atoms with Gasteiger partial charge in [-0.1, -0.05) is 25.6 Å². The largest absolute Gasteiger partial charge is 0.350 e. The second-order valence-electron chi connectivity index (χ2n) is 4.66. The summed E-state index contributed by atoms with van der Waals surface area (Å²) in [7, 11) is 0. The van der Waals surface area contributed by atoms with Crippen molar-refractivity contribution in [1.29, 1.82) is 0 Å².